The van der Waals surface area contributed by atoms with Crippen LogP contribution in [0.25, 0.3) is 0 Å². The van der Waals surface area contributed by atoms with Gasteiger partial charge in [-0.1, -0.05) is 37.8 Å². The van der Waals surface area contributed by atoms with Crippen LogP contribution in [-0.2, 0) is 6.42 Å². The Kier molecular flexibility index (Phi) is 5.65. The van der Waals surface area contributed by atoms with Crippen molar-refractivity contribution in [3.05, 3.63) is 12.2 Å². The Morgan fingerprint density at radius 1 is 1.33 bits per heavy atom. The Bertz CT molecular complexity index is 313. The highest BCUT2D eigenvalue weighted by molar-refractivity contribution is 4.79. The largest absolute Gasteiger partial charge is 0.340 e. The smallest absolute Gasteiger partial charge is 0.227 e. The highest BCUT2D eigenvalue weighted by Gasteiger charge is 2.17. The third-order valence-corrected chi connectivity index (χ3v) is 3.96. The lowest BCUT2D eigenvalue weighted by Crippen LogP contribution is -2.30. The number of nitrogens with one attached hydrogen (secondary N) is 1. The first-order valence-electron chi connectivity index (χ1n) is 7.37. The Labute approximate surface area is 110 Å². The third kappa shape index (κ3) is 4.41. The van der Waals surface area contributed by atoms with Crippen molar-refractivity contribution in [1.29, 1.82) is 0 Å². The Morgan fingerprint density at radius 3 is 3.06 bits per heavy atom. The van der Waals surface area contributed by atoms with Crippen molar-refractivity contribution in [3.8, 4) is 0 Å². The van der Waals surface area contributed by atoms with Crippen molar-refractivity contribution < 1.29 is 4.52 Å². The van der Waals surface area contributed by atoms with E-state index in [0.717, 1.165) is 24.8 Å². The highest BCUT2D eigenvalue weighted by Crippen LogP contribution is 2.26. The summed E-state index contributed by atoms with van der Waals surface area (Å²) >= 11 is 0. The Balaban J connectivity index is 1.64. The van der Waals surface area contributed by atoms with Crippen molar-refractivity contribution in [2.75, 3.05) is 6.54 Å². The normalized spacial score (nSPS) is 24.9. The molecule has 1 aromatic rings. The monoisotopic (exact) mass is 251 g/mol. The van der Waals surface area contributed by atoms with Crippen molar-refractivity contribution >= 4 is 0 Å². The van der Waals surface area contributed by atoms with Crippen LogP contribution in [0.15, 0.2) is 10.9 Å². The quantitative estimate of drug-likeness (QED) is 0.790. The molecule has 0 aliphatic heterocycles. The maximum Gasteiger partial charge on any atom is 0.227 e. The minimum atomic E-state index is 0.690. The molecule has 0 aromatic carbocycles. The fourth-order valence-corrected chi connectivity index (χ4v) is 2.97. The average molecular weight is 251 g/mol. The molecule has 4 heteroatoms. The van der Waals surface area contributed by atoms with Gasteiger partial charge in [0.05, 0.1) is 0 Å². The van der Waals surface area contributed by atoms with E-state index in [4.69, 9.17) is 4.52 Å². The minimum Gasteiger partial charge on any atom is -0.340 e. The van der Waals surface area contributed by atoms with Gasteiger partial charge in [0.25, 0.3) is 0 Å². The van der Waals surface area contributed by atoms with Gasteiger partial charge in [-0.05, 0) is 25.2 Å². The van der Waals surface area contributed by atoms with Crippen molar-refractivity contribution in [2.24, 2.45) is 5.92 Å². The summed E-state index contributed by atoms with van der Waals surface area (Å²) in [6.45, 7) is 3.25. The summed E-state index contributed by atoms with van der Waals surface area (Å²) in [6, 6.07) is 0.690. The van der Waals surface area contributed by atoms with Gasteiger partial charge in [0.2, 0.25) is 5.89 Å². The maximum atomic E-state index is 5.00. The van der Waals surface area contributed by atoms with Crippen LogP contribution in [0, 0.1) is 5.92 Å². The number of aromatic nitrogens is 2. The van der Waals surface area contributed by atoms with Crippen LogP contribution in [0.1, 0.15) is 57.8 Å². The molecule has 2 atom stereocenters. The fourth-order valence-electron chi connectivity index (χ4n) is 2.97. The van der Waals surface area contributed by atoms with Gasteiger partial charge in [-0.2, -0.15) is 4.98 Å². The average Bonchev–Trinajstić information content (AvgIpc) is 2.78. The summed E-state index contributed by atoms with van der Waals surface area (Å²) in [5, 5.41) is 7.25. The number of hydrogen-bond donors (Lipinski definition) is 1. The highest BCUT2D eigenvalue weighted by atomic mass is 16.5. The lowest BCUT2D eigenvalue weighted by molar-refractivity contribution is 0.366. The zero-order valence-corrected chi connectivity index (χ0v) is 11.4. The van der Waals surface area contributed by atoms with E-state index < -0.39 is 0 Å². The molecule has 0 spiro atoms. The number of hydrogen-bond acceptors (Lipinski definition) is 4. The van der Waals surface area contributed by atoms with Crippen LogP contribution in [0.2, 0.25) is 0 Å². The number of rotatable bonds is 6. The zero-order chi connectivity index (χ0) is 12.6. The van der Waals surface area contributed by atoms with Gasteiger partial charge in [0.1, 0.15) is 0 Å². The second-order valence-electron chi connectivity index (χ2n) is 5.40. The molecule has 102 valence electrons. The molecule has 2 rings (SSSR count). The predicted octanol–water partition coefficient (Wildman–Crippen LogP) is 2.95. The molecule has 0 bridgehead atoms. The lowest BCUT2D eigenvalue weighted by Gasteiger charge is -2.16. The first kappa shape index (κ1) is 13.5. The van der Waals surface area contributed by atoms with E-state index in [9.17, 15) is 0 Å². The first-order chi connectivity index (χ1) is 8.88. The molecule has 1 aliphatic carbocycles. The molecule has 2 unspecified atom stereocenters. The molecule has 1 N–H and O–H groups in total. The van der Waals surface area contributed by atoms with E-state index in [1.54, 1.807) is 0 Å². The summed E-state index contributed by atoms with van der Waals surface area (Å²) in [5.41, 5.74) is 0. The molecule has 1 aromatic heterocycles. The lowest BCUT2D eigenvalue weighted by atomic mass is 9.95. The van der Waals surface area contributed by atoms with Gasteiger partial charge >= 0.3 is 0 Å². The van der Waals surface area contributed by atoms with Crippen LogP contribution in [0.4, 0.5) is 0 Å². The molecule has 18 heavy (non-hydrogen) atoms. The summed E-state index contributed by atoms with van der Waals surface area (Å²) in [5.74, 6) is 1.71. The van der Waals surface area contributed by atoms with Gasteiger partial charge < -0.3 is 9.84 Å². The van der Waals surface area contributed by atoms with Gasteiger partial charge in [0.15, 0.2) is 6.33 Å². The van der Waals surface area contributed by atoms with Crippen molar-refractivity contribution in [2.45, 2.75) is 64.3 Å². The molecule has 1 aliphatic rings. The van der Waals surface area contributed by atoms with Gasteiger partial charge in [-0.3, -0.25) is 0 Å². The molecular weight excluding hydrogens is 226 g/mol. The molecule has 0 amide bonds. The van der Waals surface area contributed by atoms with E-state index in [1.807, 2.05) is 0 Å². The number of nitrogens with zero attached hydrogens (tertiary/aromatic N) is 2. The molecular formula is C14H25N3O. The van der Waals surface area contributed by atoms with E-state index in [2.05, 4.69) is 22.4 Å². The van der Waals surface area contributed by atoms with E-state index in [0.29, 0.717) is 6.04 Å². The summed E-state index contributed by atoms with van der Waals surface area (Å²) in [4.78, 5) is 4.04. The topological polar surface area (TPSA) is 51.0 Å². The van der Waals surface area contributed by atoms with Gasteiger partial charge in [-0.15, -0.1) is 0 Å². The maximum absolute atomic E-state index is 5.00. The molecule has 4 nitrogen and oxygen atoms in total. The molecule has 1 heterocycles. The van der Waals surface area contributed by atoms with E-state index in [-0.39, 0.29) is 0 Å². The van der Waals surface area contributed by atoms with Crippen LogP contribution < -0.4 is 5.32 Å². The van der Waals surface area contributed by atoms with Crippen molar-refractivity contribution in [1.82, 2.24) is 15.5 Å². The molecule has 0 radical (unpaired) electrons. The van der Waals surface area contributed by atoms with E-state index in [1.165, 1.54) is 51.3 Å². The van der Waals surface area contributed by atoms with Gasteiger partial charge in [-0.25, -0.2) is 0 Å². The van der Waals surface area contributed by atoms with Crippen LogP contribution in [-0.4, -0.2) is 22.7 Å². The van der Waals surface area contributed by atoms with Crippen molar-refractivity contribution in [3.63, 3.8) is 0 Å². The fraction of sp³-hybridized carbons (Fsp3) is 0.857. The summed E-state index contributed by atoms with van der Waals surface area (Å²) in [6.07, 6.45) is 11.9. The second-order valence-corrected chi connectivity index (χ2v) is 5.40. The predicted molar refractivity (Wildman–Crippen MR) is 71.3 cm³/mol. The zero-order valence-electron chi connectivity index (χ0n) is 11.4. The minimum absolute atomic E-state index is 0.690. The second kappa shape index (κ2) is 7.52. The molecule has 0 saturated heterocycles. The molecule has 1 saturated carbocycles. The van der Waals surface area contributed by atoms with Crippen LogP contribution in [0.3, 0.4) is 0 Å². The van der Waals surface area contributed by atoms with E-state index >= 15 is 0 Å². The molecule has 1 fully saturated rings. The summed E-state index contributed by atoms with van der Waals surface area (Å²) in [7, 11) is 0. The Morgan fingerprint density at radius 2 is 2.28 bits per heavy atom. The SMILES string of the molecule is CCCC1CCCC(NCCc2ncno2)CC1. The first-order valence-corrected chi connectivity index (χ1v) is 7.37. The standard InChI is InChI=1S/C14H25N3O/c1-2-4-12-5-3-6-13(8-7-12)15-10-9-14-16-11-17-18-14/h11-13,15H,2-10H2,1H3. The van der Waals surface area contributed by atoms with Gasteiger partial charge in [0, 0.05) is 19.0 Å². The Hall–Kier alpha value is -0.900. The van der Waals surface area contributed by atoms with Crippen LogP contribution in [0.5, 0.6) is 0 Å². The van der Waals surface area contributed by atoms with Crippen LogP contribution >= 0.6 is 0 Å². The summed E-state index contributed by atoms with van der Waals surface area (Å²) < 4.78 is 5.00. The third-order valence-electron chi connectivity index (χ3n) is 3.96.